The maximum atomic E-state index is 11.7. The summed E-state index contributed by atoms with van der Waals surface area (Å²) in [7, 11) is 1.29. The number of rotatable bonds is 6. The van der Waals surface area contributed by atoms with Gasteiger partial charge in [0.05, 0.1) is 7.11 Å². The minimum Gasteiger partial charge on any atom is -0.468 e. The number of ether oxygens (including phenoxy) is 1. The van der Waals surface area contributed by atoms with Crippen molar-refractivity contribution in [3.63, 3.8) is 0 Å². The van der Waals surface area contributed by atoms with Crippen LogP contribution in [0, 0.1) is 11.3 Å². The van der Waals surface area contributed by atoms with Crippen LogP contribution in [0.15, 0.2) is 0 Å². The van der Waals surface area contributed by atoms with E-state index in [9.17, 15) is 9.59 Å². The van der Waals surface area contributed by atoms with E-state index in [4.69, 9.17) is 0 Å². The average Bonchev–Trinajstić information content (AvgIpc) is 2.22. The summed E-state index contributed by atoms with van der Waals surface area (Å²) in [6, 6.07) is 0. The van der Waals surface area contributed by atoms with Crippen molar-refractivity contribution in [1.29, 1.82) is 0 Å². The molecule has 0 atom stereocenters. The van der Waals surface area contributed by atoms with E-state index in [1.807, 2.05) is 0 Å². The van der Waals surface area contributed by atoms with Crippen LogP contribution < -0.4 is 5.32 Å². The average molecular weight is 229 g/mol. The standard InChI is InChI=1S/C12H23NO3/c1-9(2)7-6-8-13-10(14)12(3,4)11(15)16-5/h9H,6-8H2,1-5H3,(H,13,14). The fraction of sp³-hybridized carbons (Fsp3) is 0.833. The van der Waals surface area contributed by atoms with E-state index in [2.05, 4.69) is 23.9 Å². The Bertz CT molecular complexity index is 247. The van der Waals surface area contributed by atoms with E-state index >= 15 is 0 Å². The van der Waals surface area contributed by atoms with Crippen LogP contribution in [0.25, 0.3) is 0 Å². The molecule has 16 heavy (non-hydrogen) atoms. The second-order valence-electron chi connectivity index (χ2n) is 4.91. The highest BCUT2D eigenvalue weighted by molar-refractivity contribution is 6.01. The van der Waals surface area contributed by atoms with Gasteiger partial charge in [-0.15, -0.1) is 0 Å². The number of nitrogens with one attached hydrogen (secondary N) is 1. The van der Waals surface area contributed by atoms with Crippen LogP contribution in [0.5, 0.6) is 0 Å². The first-order valence-corrected chi connectivity index (χ1v) is 5.69. The van der Waals surface area contributed by atoms with Gasteiger partial charge in [-0.2, -0.15) is 0 Å². The molecule has 0 aliphatic rings. The number of carbonyl (C=O) groups is 2. The van der Waals surface area contributed by atoms with Crippen molar-refractivity contribution in [3.05, 3.63) is 0 Å². The Labute approximate surface area is 97.7 Å². The third-order valence-electron chi connectivity index (χ3n) is 2.51. The molecule has 0 saturated carbocycles. The van der Waals surface area contributed by atoms with Gasteiger partial charge in [0, 0.05) is 6.54 Å². The first kappa shape index (κ1) is 14.9. The minimum atomic E-state index is -1.10. The SMILES string of the molecule is COC(=O)C(C)(C)C(=O)NCCCC(C)C. The predicted molar refractivity (Wildman–Crippen MR) is 62.9 cm³/mol. The zero-order chi connectivity index (χ0) is 12.8. The number of hydrogen-bond donors (Lipinski definition) is 1. The first-order chi connectivity index (χ1) is 7.32. The third kappa shape index (κ3) is 4.64. The zero-order valence-electron chi connectivity index (χ0n) is 10.9. The summed E-state index contributed by atoms with van der Waals surface area (Å²) in [5.74, 6) is -0.150. The Balaban J connectivity index is 4.01. The van der Waals surface area contributed by atoms with Crippen molar-refractivity contribution in [2.75, 3.05) is 13.7 Å². The third-order valence-corrected chi connectivity index (χ3v) is 2.51. The lowest BCUT2D eigenvalue weighted by atomic mass is 9.92. The van der Waals surface area contributed by atoms with Gasteiger partial charge in [-0.3, -0.25) is 9.59 Å². The fourth-order valence-electron chi connectivity index (χ4n) is 1.28. The molecule has 4 heteroatoms. The van der Waals surface area contributed by atoms with Gasteiger partial charge in [-0.05, 0) is 32.6 Å². The number of esters is 1. The zero-order valence-corrected chi connectivity index (χ0v) is 10.9. The fourth-order valence-corrected chi connectivity index (χ4v) is 1.28. The van der Waals surface area contributed by atoms with Crippen LogP contribution in [-0.2, 0) is 14.3 Å². The predicted octanol–water partition coefficient (Wildman–Crippen LogP) is 1.74. The van der Waals surface area contributed by atoms with Gasteiger partial charge in [0.1, 0.15) is 5.41 Å². The second kappa shape index (κ2) is 6.51. The molecule has 0 radical (unpaired) electrons. The Morgan fingerprint density at radius 3 is 2.31 bits per heavy atom. The Morgan fingerprint density at radius 2 is 1.88 bits per heavy atom. The van der Waals surface area contributed by atoms with Gasteiger partial charge in [0.2, 0.25) is 5.91 Å². The maximum absolute atomic E-state index is 11.7. The van der Waals surface area contributed by atoms with Crippen molar-refractivity contribution in [3.8, 4) is 0 Å². The molecule has 0 aliphatic heterocycles. The van der Waals surface area contributed by atoms with Crippen molar-refractivity contribution < 1.29 is 14.3 Å². The monoisotopic (exact) mass is 229 g/mol. The van der Waals surface area contributed by atoms with E-state index < -0.39 is 11.4 Å². The van der Waals surface area contributed by atoms with E-state index in [1.165, 1.54) is 7.11 Å². The lowest BCUT2D eigenvalue weighted by Gasteiger charge is -2.20. The molecule has 0 aromatic carbocycles. The molecular formula is C12H23NO3. The van der Waals surface area contributed by atoms with Gasteiger partial charge < -0.3 is 10.1 Å². The number of carbonyl (C=O) groups excluding carboxylic acids is 2. The van der Waals surface area contributed by atoms with Crippen molar-refractivity contribution >= 4 is 11.9 Å². The minimum absolute atomic E-state index is 0.275. The molecule has 0 aromatic heterocycles. The lowest BCUT2D eigenvalue weighted by Crippen LogP contribution is -2.43. The van der Waals surface area contributed by atoms with Gasteiger partial charge in [0.15, 0.2) is 0 Å². The molecule has 94 valence electrons. The highest BCUT2D eigenvalue weighted by atomic mass is 16.5. The van der Waals surface area contributed by atoms with Crippen LogP contribution in [0.4, 0.5) is 0 Å². The summed E-state index contributed by atoms with van der Waals surface area (Å²) in [5, 5.41) is 2.75. The smallest absolute Gasteiger partial charge is 0.320 e. The molecule has 1 amide bonds. The molecule has 0 aromatic rings. The molecular weight excluding hydrogens is 206 g/mol. The number of hydrogen-bond acceptors (Lipinski definition) is 3. The molecule has 0 bridgehead atoms. The van der Waals surface area contributed by atoms with Crippen molar-refractivity contribution in [1.82, 2.24) is 5.32 Å². The highest BCUT2D eigenvalue weighted by Gasteiger charge is 2.36. The van der Waals surface area contributed by atoms with Crippen molar-refractivity contribution in [2.45, 2.75) is 40.5 Å². The molecule has 0 spiro atoms. The summed E-state index contributed by atoms with van der Waals surface area (Å²) in [6.07, 6.45) is 2.00. The quantitative estimate of drug-likeness (QED) is 0.429. The highest BCUT2D eigenvalue weighted by Crippen LogP contribution is 2.17. The summed E-state index contributed by atoms with van der Waals surface area (Å²) in [5.41, 5.74) is -1.10. The Morgan fingerprint density at radius 1 is 1.31 bits per heavy atom. The summed E-state index contributed by atoms with van der Waals surface area (Å²) < 4.78 is 4.58. The first-order valence-electron chi connectivity index (χ1n) is 5.69. The topological polar surface area (TPSA) is 55.4 Å². The molecule has 0 rings (SSSR count). The summed E-state index contributed by atoms with van der Waals surface area (Å²) in [6.45, 7) is 8.02. The van der Waals surface area contributed by atoms with E-state index in [-0.39, 0.29) is 5.91 Å². The van der Waals surface area contributed by atoms with Gasteiger partial charge in [-0.1, -0.05) is 13.8 Å². The molecule has 0 heterocycles. The molecule has 0 unspecified atom stereocenters. The Hall–Kier alpha value is -1.06. The van der Waals surface area contributed by atoms with E-state index in [0.29, 0.717) is 12.5 Å². The van der Waals surface area contributed by atoms with Crippen LogP contribution in [0.3, 0.4) is 0 Å². The molecule has 1 N–H and O–H groups in total. The molecule has 0 saturated heterocycles. The second-order valence-corrected chi connectivity index (χ2v) is 4.91. The lowest BCUT2D eigenvalue weighted by molar-refractivity contribution is -0.156. The number of amides is 1. The van der Waals surface area contributed by atoms with Crippen LogP contribution in [-0.4, -0.2) is 25.5 Å². The molecule has 4 nitrogen and oxygen atoms in total. The molecule has 0 fully saturated rings. The van der Waals surface area contributed by atoms with Gasteiger partial charge in [0.25, 0.3) is 0 Å². The van der Waals surface area contributed by atoms with E-state index in [0.717, 1.165) is 12.8 Å². The van der Waals surface area contributed by atoms with Gasteiger partial charge in [-0.25, -0.2) is 0 Å². The normalized spacial score (nSPS) is 11.4. The maximum Gasteiger partial charge on any atom is 0.320 e. The summed E-state index contributed by atoms with van der Waals surface area (Å²) in [4.78, 5) is 23.0. The molecule has 0 aliphatic carbocycles. The summed E-state index contributed by atoms with van der Waals surface area (Å²) >= 11 is 0. The number of methoxy groups -OCH3 is 1. The van der Waals surface area contributed by atoms with Crippen molar-refractivity contribution in [2.24, 2.45) is 11.3 Å². The van der Waals surface area contributed by atoms with Crippen LogP contribution >= 0.6 is 0 Å². The Kier molecular flexibility index (Phi) is 6.08. The van der Waals surface area contributed by atoms with Crippen LogP contribution in [0.2, 0.25) is 0 Å². The van der Waals surface area contributed by atoms with E-state index in [1.54, 1.807) is 13.8 Å². The van der Waals surface area contributed by atoms with Gasteiger partial charge >= 0.3 is 5.97 Å². The van der Waals surface area contributed by atoms with Crippen LogP contribution in [0.1, 0.15) is 40.5 Å². The largest absolute Gasteiger partial charge is 0.468 e.